The molecule has 3 atom stereocenters. The third kappa shape index (κ3) is 3.80. The molecule has 0 heterocycles. The van der Waals surface area contributed by atoms with Crippen molar-refractivity contribution in [2.75, 3.05) is 20.7 Å². The van der Waals surface area contributed by atoms with Crippen LogP contribution in [0.2, 0.25) is 0 Å². The normalized spacial score (nSPS) is 27.7. The van der Waals surface area contributed by atoms with Crippen molar-refractivity contribution < 1.29 is 9.53 Å². The van der Waals surface area contributed by atoms with Gasteiger partial charge in [0.2, 0.25) is 5.91 Å². The molecule has 3 unspecified atom stereocenters. The molecule has 0 spiro atoms. The SMILES string of the molecule is CNCC(C)C(=O)NC1CCC(OC)C1. The molecule has 4 heteroatoms. The fourth-order valence-electron chi connectivity index (χ4n) is 2.03. The third-order valence-corrected chi connectivity index (χ3v) is 3.02. The highest BCUT2D eigenvalue weighted by molar-refractivity contribution is 5.78. The molecule has 1 aliphatic rings. The first-order chi connectivity index (χ1) is 7.17. The van der Waals surface area contributed by atoms with Gasteiger partial charge >= 0.3 is 0 Å². The molecule has 0 aromatic rings. The summed E-state index contributed by atoms with van der Waals surface area (Å²) in [6.45, 7) is 2.67. The molecule has 1 rings (SSSR count). The molecule has 1 amide bonds. The van der Waals surface area contributed by atoms with Crippen LogP contribution in [0.1, 0.15) is 26.2 Å². The van der Waals surface area contributed by atoms with Crippen molar-refractivity contribution in [3.63, 3.8) is 0 Å². The standard InChI is InChI=1S/C11H22N2O2/c1-8(7-12-2)11(14)13-9-4-5-10(6-9)15-3/h8-10,12H,4-7H2,1-3H3,(H,13,14). The summed E-state index contributed by atoms with van der Waals surface area (Å²) in [5, 5.41) is 6.08. The molecule has 0 aromatic heterocycles. The summed E-state index contributed by atoms with van der Waals surface area (Å²) in [5.74, 6) is 0.183. The van der Waals surface area contributed by atoms with Crippen LogP contribution in [0.15, 0.2) is 0 Å². The Kier molecular flexibility index (Phi) is 5.05. The highest BCUT2D eigenvalue weighted by Gasteiger charge is 2.26. The Morgan fingerprint density at radius 1 is 1.53 bits per heavy atom. The molecule has 0 bridgehead atoms. The van der Waals surface area contributed by atoms with E-state index in [-0.39, 0.29) is 11.8 Å². The lowest BCUT2D eigenvalue weighted by atomic mass is 10.1. The van der Waals surface area contributed by atoms with Gasteiger partial charge in [-0.2, -0.15) is 0 Å². The maximum absolute atomic E-state index is 11.7. The number of hydrogen-bond acceptors (Lipinski definition) is 3. The first kappa shape index (κ1) is 12.5. The average molecular weight is 214 g/mol. The minimum Gasteiger partial charge on any atom is -0.381 e. The fraction of sp³-hybridized carbons (Fsp3) is 0.909. The van der Waals surface area contributed by atoms with Gasteiger partial charge in [0.25, 0.3) is 0 Å². The molecule has 88 valence electrons. The predicted octanol–water partition coefficient (Wildman–Crippen LogP) is 0.526. The highest BCUT2D eigenvalue weighted by Crippen LogP contribution is 2.21. The smallest absolute Gasteiger partial charge is 0.224 e. The number of carbonyl (C=O) groups excluding carboxylic acids is 1. The van der Waals surface area contributed by atoms with E-state index < -0.39 is 0 Å². The lowest BCUT2D eigenvalue weighted by Gasteiger charge is -2.16. The Balaban J connectivity index is 2.27. The van der Waals surface area contributed by atoms with Gasteiger partial charge in [-0.1, -0.05) is 6.92 Å². The molecule has 2 N–H and O–H groups in total. The van der Waals surface area contributed by atoms with E-state index in [1.807, 2.05) is 14.0 Å². The van der Waals surface area contributed by atoms with Gasteiger partial charge in [-0.05, 0) is 26.3 Å². The first-order valence-corrected chi connectivity index (χ1v) is 5.65. The molecule has 0 saturated heterocycles. The van der Waals surface area contributed by atoms with E-state index in [1.54, 1.807) is 7.11 Å². The molecule has 4 nitrogen and oxygen atoms in total. The average Bonchev–Trinajstić information content (AvgIpc) is 2.66. The van der Waals surface area contributed by atoms with Crippen LogP contribution in [0.25, 0.3) is 0 Å². The Morgan fingerprint density at radius 2 is 2.27 bits per heavy atom. The fourth-order valence-corrected chi connectivity index (χ4v) is 2.03. The minimum atomic E-state index is 0.0385. The molecule has 0 radical (unpaired) electrons. The highest BCUT2D eigenvalue weighted by atomic mass is 16.5. The molecule has 15 heavy (non-hydrogen) atoms. The van der Waals surface area contributed by atoms with Crippen molar-refractivity contribution in [2.45, 2.75) is 38.3 Å². The zero-order valence-electron chi connectivity index (χ0n) is 9.88. The van der Waals surface area contributed by atoms with Gasteiger partial charge in [-0.25, -0.2) is 0 Å². The maximum atomic E-state index is 11.7. The number of nitrogens with one attached hydrogen (secondary N) is 2. The van der Waals surface area contributed by atoms with Gasteiger partial charge in [-0.3, -0.25) is 4.79 Å². The monoisotopic (exact) mass is 214 g/mol. The lowest BCUT2D eigenvalue weighted by Crippen LogP contribution is -2.39. The molecule has 1 saturated carbocycles. The van der Waals surface area contributed by atoms with Crippen molar-refractivity contribution in [1.29, 1.82) is 0 Å². The second-order valence-corrected chi connectivity index (χ2v) is 4.34. The van der Waals surface area contributed by atoms with Crippen molar-refractivity contribution in [2.24, 2.45) is 5.92 Å². The van der Waals surface area contributed by atoms with Crippen LogP contribution in [0, 0.1) is 5.92 Å². The molecule has 0 aliphatic heterocycles. The van der Waals surface area contributed by atoms with E-state index in [4.69, 9.17) is 4.74 Å². The van der Waals surface area contributed by atoms with Crippen molar-refractivity contribution in [3.05, 3.63) is 0 Å². The topological polar surface area (TPSA) is 50.4 Å². The summed E-state index contributed by atoms with van der Waals surface area (Å²) in [4.78, 5) is 11.7. The summed E-state index contributed by atoms with van der Waals surface area (Å²) in [6.07, 6.45) is 3.38. The molecular formula is C11H22N2O2. The van der Waals surface area contributed by atoms with E-state index in [0.717, 1.165) is 25.8 Å². The van der Waals surface area contributed by atoms with E-state index in [1.165, 1.54) is 0 Å². The Hall–Kier alpha value is -0.610. The van der Waals surface area contributed by atoms with E-state index in [9.17, 15) is 4.79 Å². The molecule has 1 fully saturated rings. The summed E-state index contributed by atoms with van der Waals surface area (Å²) >= 11 is 0. The summed E-state index contributed by atoms with van der Waals surface area (Å²) in [6, 6.07) is 0.307. The zero-order chi connectivity index (χ0) is 11.3. The van der Waals surface area contributed by atoms with Gasteiger partial charge in [-0.15, -0.1) is 0 Å². The number of amides is 1. The number of methoxy groups -OCH3 is 1. The van der Waals surface area contributed by atoms with Crippen molar-refractivity contribution >= 4 is 5.91 Å². The van der Waals surface area contributed by atoms with Gasteiger partial charge in [0.1, 0.15) is 0 Å². The lowest BCUT2D eigenvalue weighted by molar-refractivity contribution is -0.125. The first-order valence-electron chi connectivity index (χ1n) is 5.65. The summed E-state index contributed by atoms with van der Waals surface area (Å²) in [7, 11) is 3.60. The number of ether oxygens (including phenoxy) is 1. The molecular weight excluding hydrogens is 192 g/mol. The van der Waals surface area contributed by atoms with Gasteiger partial charge in [0.15, 0.2) is 0 Å². The van der Waals surface area contributed by atoms with E-state index in [0.29, 0.717) is 12.1 Å². The molecule has 1 aliphatic carbocycles. The minimum absolute atomic E-state index is 0.0385. The zero-order valence-corrected chi connectivity index (χ0v) is 9.88. The number of carbonyl (C=O) groups is 1. The van der Waals surface area contributed by atoms with E-state index >= 15 is 0 Å². The quantitative estimate of drug-likeness (QED) is 0.701. The maximum Gasteiger partial charge on any atom is 0.224 e. The van der Waals surface area contributed by atoms with Crippen LogP contribution in [0.3, 0.4) is 0 Å². The second-order valence-electron chi connectivity index (χ2n) is 4.34. The largest absolute Gasteiger partial charge is 0.381 e. The third-order valence-electron chi connectivity index (χ3n) is 3.02. The number of hydrogen-bond donors (Lipinski definition) is 2. The van der Waals surface area contributed by atoms with Crippen LogP contribution < -0.4 is 10.6 Å². The van der Waals surface area contributed by atoms with Crippen LogP contribution in [-0.4, -0.2) is 38.8 Å². The van der Waals surface area contributed by atoms with Crippen molar-refractivity contribution in [3.8, 4) is 0 Å². The predicted molar refractivity (Wildman–Crippen MR) is 59.7 cm³/mol. The molecule has 0 aromatic carbocycles. The second kappa shape index (κ2) is 6.08. The van der Waals surface area contributed by atoms with Crippen LogP contribution in [0.4, 0.5) is 0 Å². The van der Waals surface area contributed by atoms with Crippen molar-refractivity contribution in [1.82, 2.24) is 10.6 Å². The van der Waals surface area contributed by atoms with Crippen LogP contribution in [0.5, 0.6) is 0 Å². The van der Waals surface area contributed by atoms with Gasteiger partial charge in [0, 0.05) is 25.6 Å². The van der Waals surface area contributed by atoms with Gasteiger partial charge < -0.3 is 15.4 Å². The van der Waals surface area contributed by atoms with Gasteiger partial charge in [0.05, 0.1) is 6.10 Å². The summed E-state index contributed by atoms with van der Waals surface area (Å²) < 4.78 is 5.27. The Labute approximate surface area is 91.8 Å². The Morgan fingerprint density at radius 3 is 2.80 bits per heavy atom. The Bertz CT molecular complexity index is 209. The van der Waals surface area contributed by atoms with Crippen LogP contribution >= 0.6 is 0 Å². The summed E-state index contributed by atoms with van der Waals surface area (Å²) in [5.41, 5.74) is 0. The van der Waals surface area contributed by atoms with Crippen LogP contribution in [-0.2, 0) is 9.53 Å². The van der Waals surface area contributed by atoms with E-state index in [2.05, 4.69) is 10.6 Å². The number of rotatable bonds is 5.